The van der Waals surface area contributed by atoms with E-state index in [2.05, 4.69) is 41.2 Å². The van der Waals surface area contributed by atoms with Gasteiger partial charge in [0.1, 0.15) is 17.0 Å². The van der Waals surface area contributed by atoms with Crippen LogP contribution in [-0.4, -0.2) is 41.0 Å². The maximum Gasteiger partial charge on any atom is 0.138 e. The Kier molecular flexibility index (Phi) is 4.01. The van der Waals surface area contributed by atoms with Gasteiger partial charge in [0.15, 0.2) is 0 Å². The van der Waals surface area contributed by atoms with Crippen LogP contribution in [0.2, 0.25) is 0 Å². The number of thiophene rings is 1. The van der Waals surface area contributed by atoms with Gasteiger partial charge in [-0.25, -0.2) is 9.97 Å². The van der Waals surface area contributed by atoms with E-state index in [9.17, 15) is 0 Å². The lowest BCUT2D eigenvalue weighted by atomic mass is 9.83. The van der Waals surface area contributed by atoms with Crippen molar-refractivity contribution in [1.29, 1.82) is 0 Å². The molecule has 1 N–H and O–H groups in total. The van der Waals surface area contributed by atoms with E-state index in [0.29, 0.717) is 12.1 Å². The molecule has 0 radical (unpaired) electrons. The second kappa shape index (κ2) is 6.02. The van der Waals surface area contributed by atoms with Crippen molar-refractivity contribution in [3.05, 3.63) is 16.8 Å². The molecule has 0 bridgehead atoms. The smallest absolute Gasteiger partial charge is 0.138 e. The minimum atomic E-state index is 0.515. The molecule has 2 heterocycles. The SMILES string of the molecule is CC1CC(Nc2ncnc3sc4c(c23)CCC4)CC(N(C)C)C1. The molecule has 0 aliphatic heterocycles. The molecule has 1 saturated carbocycles. The Bertz CT molecular complexity index is 708. The summed E-state index contributed by atoms with van der Waals surface area (Å²) in [4.78, 5) is 14.2. The van der Waals surface area contributed by atoms with Gasteiger partial charge in [0.25, 0.3) is 0 Å². The molecule has 4 nitrogen and oxygen atoms in total. The van der Waals surface area contributed by atoms with Crippen molar-refractivity contribution in [2.24, 2.45) is 5.92 Å². The molecule has 5 heteroatoms. The lowest BCUT2D eigenvalue weighted by molar-refractivity contribution is 0.183. The van der Waals surface area contributed by atoms with Gasteiger partial charge in [0.2, 0.25) is 0 Å². The zero-order chi connectivity index (χ0) is 16.0. The Morgan fingerprint density at radius 2 is 2.04 bits per heavy atom. The van der Waals surface area contributed by atoms with Gasteiger partial charge >= 0.3 is 0 Å². The van der Waals surface area contributed by atoms with Gasteiger partial charge in [-0.05, 0) is 64.1 Å². The first-order valence-electron chi connectivity index (χ1n) is 8.80. The number of anilines is 1. The molecule has 0 saturated heterocycles. The highest BCUT2D eigenvalue weighted by atomic mass is 32.1. The Morgan fingerprint density at radius 3 is 2.87 bits per heavy atom. The summed E-state index contributed by atoms with van der Waals surface area (Å²) in [5.74, 6) is 1.84. The van der Waals surface area contributed by atoms with Crippen LogP contribution in [0.4, 0.5) is 5.82 Å². The zero-order valence-electron chi connectivity index (χ0n) is 14.3. The Labute approximate surface area is 142 Å². The lowest BCUT2D eigenvalue weighted by Crippen LogP contribution is -2.41. The van der Waals surface area contributed by atoms with Gasteiger partial charge in [-0.3, -0.25) is 0 Å². The first-order valence-corrected chi connectivity index (χ1v) is 9.61. The van der Waals surface area contributed by atoms with E-state index >= 15 is 0 Å². The minimum Gasteiger partial charge on any atom is -0.367 e. The molecule has 1 fully saturated rings. The number of hydrogen-bond donors (Lipinski definition) is 1. The molecule has 23 heavy (non-hydrogen) atoms. The van der Waals surface area contributed by atoms with Crippen LogP contribution in [0.5, 0.6) is 0 Å². The molecule has 2 aromatic rings. The average molecular weight is 331 g/mol. The molecule has 4 rings (SSSR count). The van der Waals surface area contributed by atoms with Crippen molar-refractivity contribution in [3.63, 3.8) is 0 Å². The maximum atomic E-state index is 4.62. The van der Waals surface area contributed by atoms with Crippen LogP contribution in [0.25, 0.3) is 10.2 Å². The molecule has 2 aliphatic carbocycles. The van der Waals surface area contributed by atoms with Gasteiger partial charge in [-0.15, -0.1) is 11.3 Å². The third kappa shape index (κ3) is 2.85. The van der Waals surface area contributed by atoms with Crippen LogP contribution in [-0.2, 0) is 12.8 Å². The number of nitrogens with zero attached hydrogens (tertiary/aromatic N) is 3. The zero-order valence-corrected chi connectivity index (χ0v) is 15.1. The Morgan fingerprint density at radius 1 is 1.17 bits per heavy atom. The topological polar surface area (TPSA) is 41.1 Å². The summed E-state index contributed by atoms with van der Waals surface area (Å²) in [5, 5.41) is 5.09. The van der Waals surface area contributed by atoms with Crippen LogP contribution in [0.15, 0.2) is 6.33 Å². The normalized spacial score (nSPS) is 27.6. The van der Waals surface area contributed by atoms with E-state index in [1.807, 2.05) is 11.3 Å². The van der Waals surface area contributed by atoms with Gasteiger partial charge in [0, 0.05) is 17.0 Å². The van der Waals surface area contributed by atoms with Gasteiger partial charge in [0.05, 0.1) is 5.39 Å². The Balaban J connectivity index is 1.62. The summed E-state index contributed by atoms with van der Waals surface area (Å²) < 4.78 is 0. The molecule has 0 aromatic carbocycles. The van der Waals surface area contributed by atoms with Gasteiger partial charge in [-0.1, -0.05) is 6.92 Å². The van der Waals surface area contributed by atoms with E-state index in [-0.39, 0.29) is 0 Å². The van der Waals surface area contributed by atoms with Crippen molar-refractivity contribution in [2.45, 2.75) is 57.5 Å². The van der Waals surface area contributed by atoms with Crippen LogP contribution in [0.1, 0.15) is 43.0 Å². The lowest BCUT2D eigenvalue weighted by Gasteiger charge is -2.37. The first kappa shape index (κ1) is 15.3. The van der Waals surface area contributed by atoms with E-state index < -0.39 is 0 Å². The van der Waals surface area contributed by atoms with Crippen molar-refractivity contribution in [3.8, 4) is 0 Å². The molecule has 0 amide bonds. The van der Waals surface area contributed by atoms with E-state index in [1.54, 1.807) is 6.33 Å². The summed E-state index contributed by atoms with van der Waals surface area (Å²) >= 11 is 1.87. The number of rotatable bonds is 3. The van der Waals surface area contributed by atoms with Crippen molar-refractivity contribution in [1.82, 2.24) is 14.9 Å². The second-order valence-electron chi connectivity index (χ2n) is 7.53. The minimum absolute atomic E-state index is 0.515. The second-order valence-corrected chi connectivity index (χ2v) is 8.61. The summed E-state index contributed by atoms with van der Waals surface area (Å²) in [6, 6.07) is 1.18. The molecule has 0 spiro atoms. The molecule has 3 unspecified atom stereocenters. The van der Waals surface area contributed by atoms with Gasteiger partial charge < -0.3 is 10.2 Å². The van der Waals surface area contributed by atoms with Crippen molar-refractivity contribution < 1.29 is 0 Å². The van der Waals surface area contributed by atoms with E-state index in [1.165, 1.54) is 59.2 Å². The first-order chi connectivity index (χ1) is 11.1. The van der Waals surface area contributed by atoms with E-state index in [0.717, 1.165) is 11.7 Å². The average Bonchev–Trinajstić information content (AvgIpc) is 3.07. The fourth-order valence-corrected chi connectivity index (χ4v) is 5.57. The fourth-order valence-electron chi connectivity index (χ4n) is 4.34. The molecule has 124 valence electrons. The van der Waals surface area contributed by atoms with Crippen LogP contribution in [0, 0.1) is 5.92 Å². The summed E-state index contributed by atoms with van der Waals surface area (Å²) in [7, 11) is 4.41. The quantitative estimate of drug-likeness (QED) is 0.931. The van der Waals surface area contributed by atoms with Crippen molar-refractivity contribution in [2.75, 3.05) is 19.4 Å². The molecule has 2 aliphatic rings. The molecular weight excluding hydrogens is 304 g/mol. The van der Waals surface area contributed by atoms with Crippen molar-refractivity contribution >= 4 is 27.4 Å². The predicted octanol–water partition coefficient (Wildman–Crippen LogP) is 3.71. The van der Waals surface area contributed by atoms with Crippen LogP contribution >= 0.6 is 11.3 Å². The largest absolute Gasteiger partial charge is 0.367 e. The highest BCUT2D eigenvalue weighted by molar-refractivity contribution is 7.19. The van der Waals surface area contributed by atoms with Gasteiger partial charge in [-0.2, -0.15) is 0 Å². The third-order valence-corrected chi connectivity index (χ3v) is 6.69. The third-order valence-electron chi connectivity index (χ3n) is 5.49. The summed E-state index contributed by atoms with van der Waals surface area (Å²) in [5.41, 5.74) is 1.51. The monoisotopic (exact) mass is 330 g/mol. The summed E-state index contributed by atoms with van der Waals surface area (Å²) in [6.07, 6.45) is 9.17. The molecular formula is C18H26N4S. The number of nitrogens with one attached hydrogen (secondary N) is 1. The predicted molar refractivity (Wildman–Crippen MR) is 97.3 cm³/mol. The van der Waals surface area contributed by atoms with E-state index in [4.69, 9.17) is 0 Å². The standard InChI is InChI=1S/C18H26N4S/c1-11-7-12(9-13(8-11)22(2)3)21-17-16-14-5-4-6-15(14)23-18(16)20-10-19-17/h10-13H,4-9H2,1-3H3,(H,19,20,21). The number of fused-ring (bicyclic) bond motifs is 3. The number of aryl methyl sites for hydroxylation is 2. The number of aromatic nitrogens is 2. The highest BCUT2D eigenvalue weighted by Crippen LogP contribution is 2.40. The van der Waals surface area contributed by atoms with Crippen LogP contribution in [0.3, 0.4) is 0 Å². The molecule has 3 atom stereocenters. The highest BCUT2D eigenvalue weighted by Gasteiger charge is 2.29. The maximum absolute atomic E-state index is 4.62. The molecule has 2 aromatic heterocycles. The van der Waals surface area contributed by atoms with Crippen LogP contribution < -0.4 is 5.32 Å². The fraction of sp³-hybridized carbons (Fsp3) is 0.667. The summed E-state index contributed by atoms with van der Waals surface area (Å²) in [6.45, 7) is 2.38. The number of hydrogen-bond acceptors (Lipinski definition) is 5. The Hall–Kier alpha value is -1.20.